The molecule has 0 aliphatic rings. The van der Waals surface area contributed by atoms with Gasteiger partial charge in [0.1, 0.15) is 0 Å². The molecule has 0 amide bonds. The molecule has 2 rings (SSSR count). The maximum atomic E-state index is 5.58. The number of rotatable bonds is 1. The first kappa shape index (κ1) is 8.66. The lowest BCUT2D eigenvalue weighted by Gasteiger charge is -2.02. The number of aromatic nitrogens is 1. The summed E-state index contributed by atoms with van der Waals surface area (Å²) in [5.74, 6) is 0. The molecule has 0 spiro atoms. The molecule has 2 aromatic rings. The van der Waals surface area contributed by atoms with Crippen LogP contribution in [0.3, 0.4) is 0 Å². The van der Waals surface area contributed by atoms with Crippen LogP contribution in [-0.4, -0.2) is 4.98 Å². The second kappa shape index (κ2) is 3.44. The average molecular weight is 237 g/mol. The van der Waals surface area contributed by atoms with Crippen molar-refractivity contribution < 1.29 is 0 Å². The number of halogens is 1. The number of fused-ring (bicyclic) bond motifs is 1. The van der Waals surface area contributed by atoms with Crippen molar-refractivity contribution in [1.82, 2.24) is 4.98 Å². The van der Waals surface area contributed by atoms with E-state index in [1.165, 1.54) is 5.39 Å². The highest BCUT2D eigenvalue weighted by Gasteiger charge is 1.99. The van der Waals surface area contributed by atoms with Crippen molar-refractivity contribution in [2.75, 3.05) is 0 Å². The van der Waals surface area contributed by atoms with Crippen LogP contribution >= 0.6 is 15.9 Å². The number of benzene rings is 1. The van der Waals surface area contributed by atoms with Crippen LogP contribution < -0.4 is 5.73 Å². The summed E-state index contributed by atoms with van der Waals surface area (Å²) in [6.07, 6.45) is 1.79. The number of nitrogens with two attached hydrogens (primary N) is 1. The molecule has 0 saturated carbocycles. The van der Waals surface area contributed by atoms with Gasteiger partial charge in [0.25, 0.3) is 0 Å². The van der Waals surface area contributed by atoms with Crippen molar-refractivity contribution >= 4 is 26.7 Å². The van der Waals surface area contributed by atoms with Crippen LogP contribution in [0.25, 0.3) is 10.8 Å². The number of nitrogens with zero attached hydrogens (tertiary/aromatic N) is 1. The highest BCUT2D eigenvalue weighted by molar-refractivity contribution is 9.10. The van der Waals surface area contributed by atoms with E-state index in [1.807, 2.05) is 18.2 Å². The molecule has 13 heavy (non-hydrogen) atoms. The van der Waals surface area contributed by atoms with Gasteiger partial charge >= 0.3 is 0 Å². The summed E-state index contributed by atoms with van der Waals surface area (Å²) in [5, 5.41) is 2.30. The number of pyridine rings is 1. The molecule has 0 atom stereocenters. The van der Waals surface area contributed by atoms with Crippen molar-refractivity contribution in [1.29, 1.82) is 0 Å². The lowest BCUT2D eigenvalue weighted by atomic mass is 10.1. The lowest BCUT2D eigenvalue weighted by molar-refractivity contribution is 1.01. The van der Waals surface area contributed by atoms with Crippen molar-refractivity contribution in [3.63, 3.8) is 0 Å². The predicted octanol–water partition coefficient (Wildman–Crippen LogP) is 2.46. The summed E-state index contributed by atoms with van der Waals surface area (Å²) in [6, 6.07) is 8.09. The van der Waals surface area contributed by atoms with Crippen LogP contribution in [0, 0.1) is 0 Å². The number of hydrogen-bond donors (Lipinski definition) is 1. The Labute approximate surface area is 84.9 Å². The summed E-state index contributed by atoms with van der Waals surface area (Å²) < 4.78 is 1.08. The third-order valence-electron chi connectivity index (χ3n) is 2.00. The summed E-state index contributed by atoms with van der Waals surface area (Å²) in [7, 11) is 0. The minimum Gasteiger partial charge on any atom is -0.325 e. The Morgan fingerprint density at radius 3 is 2.92 bits per heavy atom. The third kappa shape index (κ3) is 1.57. The van der Waals surface area contributed by atoms with E-state index in [2.05, 4.69) is 27.0 Å². The minimum atomic E-state index is 0.485. The smallest absolute Gasteiger partial charge is 0.0617 e. The molecule has 2 N–H and O–H groups in total. The average Bonchev–Trinajstić information content (AvgIpc) is 2.16. The summed E-state index contributed by atoms with van der Waals surface area (Å²) >= 11 is 3.43. The molecular formula is C10H9BrN2. The first-order chi connectivity index (χ1) is 6.31. The molecule has 66 valence electrons. The maximum absolute atomic E-state index is 5.58. The predicted molar refractivity (Wildman–Crippen MR) is 57.3 cm³/mol. The van der Waals surface area contributed by atoms with Gasteiger partial charge in [0.15, 0.2) is 0 Å². The largest absolute Gasteiger partial charge is 0.325 e. The fraction of sp³-hybridized carbons (Fsp3) is 0.100. The Morgan fingerprint density at radius 2 is 2.15 bits per heavy atom. The van der Waals surface area contributed by atoms with Gasteiger partial charge in [-0.3, -0.25) is 4.98 Å². The van der Waals surface area contributed by atoms with Gasteiger partial charge in [0.05, 0.1) is 5.69 Å². The molecule has 1 heterocycles. The Hall–Kier alpha value is -0.930. The fourth-order valence-electron chi connectivity index (χ4n) is 1.37. The van der Waals surface area contributed by atoms with Crippen molar-refractivity contribution in [3.8, 4) is 0 Å². The first-order valence-electron chi connectivity index (χ1n) is 4.04. The van der Waals surface area contributed by atoms with E-state index in [-0.39, 0.29) is 0 Å². The summed E-state index contributed by atoms with van der Waals surface area (Å²) in [5.41, 5.74) is 6.53. The molecule has 1 aromatic heterocycles. The van der Waals surface area contributed by atoms with Crippen LogP contribution in [0.5, 0.6) is 0 Å². The molecule has 1 aromatic carbocycles. The molecular weight excluding hydrogens is 228 g/mol. The second-order valence-corrected chi connectivity index (χ2v) is 3.74. The van der Waals surface area contributed by atoms with Crippen molar-refractivity contribution in [3.05, 3.63) is 40.6 Å². The Bertz CT molecular complexity index is 440. The molecule has 0 radical (unpaired) electrons. The summed E-state index contributed by atoms with van der Waals surface area (Å²) in [4.78, 5) is 4.21. The van der Waals surface area contributed by atoms with E-state index >= 15 is 0 Å². The molecule has 0 saturated heterocycles. The standard InChI is InChI=1S/C10H9BrN2/c11-8-1-2-9-7(5-8)3-4-13-10(9)6-12/h1-5H,6,12H2. The highest BCUT2D eigenvalue weighted by atomic mass is 79.9. The van der Waals surface area contributed by atoms with Gasteiger partial charge in [-0.25, -0.2) is 0 Å². The van der Waals surface area contributed by atoms with Crippen LogP contribution in [0.1, 0.15) is 5.69 Å². The van der Waals surface area contributed by atoms with Gasteiger partial charge in [-0.15, -0.1) is 0 Å². The Kier molecular flexibility index (Phi) is 2.29. The van der Waals surface area contributed by atoms with E-state index in [0.29, 0.717) is 6.54 Å². The maximum Gasteiger partial charge on any atom is 0.0617 e. The zero-order valence-electron chi connectivity index (χ0n) is 7.00. The van der Waals surface area contributed by atoms with Gasteiger partial charge in [-0.05, 0) is 23.6 Å². The topological polar surface area (TPSA) is 38.9 Å². The van der Waals surface area contributed by atoms with Gasteiger partial charge in [0, 0.05) is 22.6 Å². The molecule has 3 heteroatoms. The summed E-state index contributed by atoms with van der Waals surface area (Å²) in [6.45, 7) is 0.485. The van der Waals surface area contributed by atoms with Crippen molar-refractivity contribution in [2.45, 2.75) is 6.54 Å². The van der Waals surface area contributed by atoms with Crippen LogP contribution in [0.2, 0.25) is 0 Å². The van der Waals surface area contributed by atoms with Crippen LogP contribution in [0.4, 0.5) is 0 Å². The van der Waals surface area contributed by atoms with E-state index in [9.17, 15) is 0 Å². The van der Waals surface area contributed by atoms with Gasteiger partial charge in [-0.2, -0.15) is 0 Å². The first-order valence-corrected chi connectivity index (χ1v) is 4.84. The van der Waals surface area contributed by atoms with E-state index in [4.69, 9.17) is 5.73 Å². The third-order valence-corrected chi connectivity index (χ3v) is 2.50. The van der Waals surface area contributed by atoms with Gasteiger partial charge in [-0.1, -0.05) is 22.0 Å². The fourth-order valence-corrected chi connectivity index (χ4v) is 1.75. The van der Waals surface area contributed by atoms with E-state index < -0.39 is 0 Å². The highest BCUT2D eigenvalue weighted by Crippen LogP contribution is 2.20. The lowest BCUT2D eigenvalue weighted by Crippen LogP contribution is -1.99. The number of hydrogen-bond acceptors (Lipinski definition) is 2. The molecule has 2 nitrogen and oxygen atoms in total. The van der Waals surface area contributed by atoms with Crippen LogP contribution in [0.15, 0.2) is 34.9 Å². The molecule has 0 aliphatic heterocycles. The van der Waals surface area contributed by atoms with E-state index in [1.54, 1.807) is 6.20 Å². The quantitative estimate of drug-likeness (QED) is 0.827. The van der Waals surface area contributed by atoms with Gasteiger partial charge in [0.2, 0.25) is 0 Å². The minimum absolute atomic E-state index is 0.485. The zero-order valence-corrected chi connectivity index (χ0v) is 8.58. The van der Waals surface area contributed by atoms with Crippen LogP contribution in [-0.2, 0) is 6.54 Å². The molecule has 0 aliphatic carbocycles. The molecule has 0 bridgehead atoms. The SMILES string of the molecule is NCc1nccc2cc(Br)ccc12. The monoisotopic (exact) mass is 236 g/mol. The normalized spacial score (nSPS) is 10.6. The van der Waals surface area contributed by atoms with E-state index in [0.717, 1.165) is 15.6 Å². The molecule has 0 unspecified atom stereocenters. The molecule has 0 fully saturated rings. The van der Waals surface area contributed by atoms with Crippen molar-refractivity contribution in [2.24, 2.45) is 5.73 Å². The second-order valence-electron chi connectivity index (χ2n) is 2.83. The zero-order chi connectivity index (χ0) is 9.26. The Morgan fingerprint density at radius 1 is 1.31 bits per heavy atom. The van der Waals surface area contributed by atoms with Gasteiger partial charge < -0.3 is 5.73 Å². The Balaban J connectivity index is 2.77.